The van der Waals surface area contributed by atoms with Crippen LogP contribution in [0.4, 0.5) is 0 Å². The lowest BCUT2D eigenvalue weighted by atomic mass is 9.91. The zero-order valence-corrected chi connectivity index (χ0v) is 10.0. The molecule has 0 aromatic heterocycles. The van der Waals surface area contributed by atoms with E-state index in [9.17, 15) is 0 Å². The van der Waals surface area contributed by atoms with E-state index in [0.29, 0.717) is 0 Å². The molecule has 0 amide bonds. The third-order valence-electron chi connectivity index (χ3n) is 3.56. The highest BCUT2D eigenvalue weighted by atomic mass is 14.1. The average Bonchev–Trinajstić information content (AvgIpc) is 2.73. The molecule has 2 rings (SSSR count). The third-order valence-corrected chi connectivity index (χ3v) is 3.56. The van der Waals surface area contributed by atoms with E-state index >= 15 is 0 Å². The van der Waals surface area contributed by atoms with E-state index in [1.165, 1.54) is 33.4 Å². The molecule has 0 atom stereocenters. The van der Waals surface area contributed by atoms with Gasteiger partial charge in [0.2, 0.25) is 0 Å². The summed E-state index contributed by atoms with van der Waals surface area (Å²) in [7, 11) is 0. The fourth-order valence-electron chi connectivity index (χ4n) is 2.17. The fourth-order valence-corrected chi connectivity index (χ4v) is 2.17. The Morgan fingerprint density at radius 2 is 1.67 bits per heavy atom. The van der Waals surface area contributed by atoms with E-state index in [0.717, 1.165) is 6.42 Å². The highest BCUT2D eigenvalue weighted by Gasteiger charge is 2.10. The molecule has 0 heteroatoms. The number of benzene rings is 1. The van der Waals surface area contributed by atoms with Gasteiger partial charge in [0, 0.05) is 0 Å². The summed E-state index contributed by atoms with van der Waals surface area (Å²) in [6.07, 6.45) is 7.84. The van der Waals surface area contributed by atoms with Gasteiger partial charge in [-0.3, -0.25) is 0 Å². The molecule has 0 bridgehead atoms. The van der Waals surface area contributed by atoms with Gasteiger partial charge in [0.1, 0.15) is 0 Å². The molecule has 0 radical (unpaired) electrons. The number of hydrogen-bond donors (Lipinski definition) is 0. The first-order valence-corrected chi connectivity index (χ1v) is 5.55. The Morgan fingerprint density at radius 1 is 0.933 bits per heavy atom. The lowest BCUT2D eigenvalue weighted by molar-refractivity contribution is 1.20. The molecule has 0 spiro atoms. The predicted octanol–water partition coefficient (Wildman–Crippen LogP) is 4.26. The van der Waals surface area contributed by atoms with E-state index < -0.39 is 0 Å². The molecule has 0 N–H and O–H groups in total. The van der Waals surface area contributed by atoms with Crippen LogP contribution in [0.5, 0.6) is 0 Å². The topological polar surface area (TPSA) is 0 Å². The Labute approximate surface area is 92.3 Å². The Morgan fingerprint density at radius 3 is 2.27 bits per heavy atom. The summed E-state index contributed by atoms with van der Waals surface area (Å²) in [5, 5.41) is 0. The van der Waals surface area contributed by atoms with Gasteiger partial charge in [-0.05, 0) is 67.5 Å². The van der Waals surface area contributed by atoms with Gasteiger partial charge in [-0.15, -0.1) is 0 Å². The maximum absolute atomic E-state index is 2.32. The van der Waals surface area contributed by atoms with Crippen molar-refractivity contribution in [2.45, 2.75) is 34.1 Å². The predicted molar refractivity (Wildman–Crippen MR) is 67.1 cm³/mol. The van der Waals surface area contributed by atoms with Crippen molar-refractivity contribution in [3.05, 3.63) is 52.1 Å². The van der Waals surface area contributed by atoms with Crippen LogP contribution in [0.3, 0.4) is 0 Å². The largest absolute Gasteiger partial charge is 0.0801 e. The van der Waals surface area contributed by atoms with Crippen molar-refractivity contribution in [2.24, 2.45) is 0 Å². The first-order valence-electron chi connectivity index (χ1n) is 5.55. The number of allylic oxidation sites excluding steroid dienone is 4. The van der Waals surface area contributed by atoms with Gasteiger partial charge < -0.3 is 0 Å². The van der Waals surface area contributed by atoms with Gasteiger partial charge >= 0.3 is 0 Å². The van der Waals surface area contributed by atoms with E-state index in [1.54, 1.807) is 0 Å². The van der Waals surface area contributed by atoms with Crippen LogP contribution >= 0.6 is 0 Å². The average molecular weight is 198 g/mol. The summed E-state index contributed by atoms with van der Waals surface area (Å²) in [6.45, 7) is 8.86. The van der Waals surface area contributed by atoms with Crippen LogP contribution in [0.2, 0.25) is 0 Å². The summed E-state index contributed by atoms with van der Waals surface area (Å²) >= 11 is 0. The summed E-state index contributed by atoms with van der Waals surface area (Å²) in [5.41, 5.74) is 8.48. The number of aryl methyl sites for hydroxylation is 1. The molecule has 0 nitrogen and oxygen atoms in total. The smallest absolute Gasteiger partial charge is 0.0152 e. The van der Waals surface area contributed by atoms with E-state index in [4.69, 9.17) is 0 Å². The summed E-state index contributed by atoms with van der Waals surface area (Å²) in [4.78, 5) is 0. The second-order valence-corrected chi connectivity index (χ2v) is 4.41. The van der Waals surface area contributed by atoms with Gasteiger partial charge in [-0.1, -0.05) is 24.3 Å². The molecular formula is C15H18. The van der Waals surface area contributed by atoms with Crippen molar-refractivity contribution in [3.63, 3.8) is 0 Å². The van der Waals surface area contributed by atoms with Crippen molar-refractivity contribution in [2.75, 3.05) is 0 Å². The molecule has 0 fully saturated rings. The van der Waals surface area contributed by atoms with Crippen molar-refractivity contribution in [3.8, 4) is 0 Å². The fraction of sp³-hybridized carbons (Fsp3) is 0.333. The van der Waals surface area contributed by atoms with Crippen LogP contribution in [0.15, 0.2) is 24.3 Å². The highest BCUT2D eigenvalue weighted by molar-refractivity contribution is 5.79. The molecule has 0 unspecified atom stereocenters. The van der Waals surface area contributed by atoms with Crippen molar-refractivity contribution >= 4 is 5.57 Å². The highest BCUT2D eigenvalue weighted by Crippen LogP contribution is 2.29. The van der Waals surface area contributed by atoms with Crippen LogP contribution in [0.25, 0.3) is 5.57 Å². The molecule has 0 saturated carbocycles. The van der Waals surface area contributed by atoms with E-state index in [-0.39, 0.29) is 0 Å². The van der Waals surface area contributed by atoms with Gasteiger partial charge in [0.15, 0.2) is 0 Å². The van der Waals surface area contributed by atoms with Crippen LogP contribution in [0, 0.1) is 27.7 Å². The maximum Gasteiger partial charge on any atom is -0.0152 e. The minimum absolute atomic E-state index is 1.08. The maximum atomic E-state index is 2.32. The zero-order valence-electron chi connectivity index (χ0n) is 10.0. The lowest BCUT2D eigenvalue weighted by Crippen LogP contribution is -1.96. The molecule has 1 aromatic rings. The monoisotopic (exact) mass is 198 g/mol. The summed E-state index contributed by atoms with van der Waals surface area (Å²) < 4.78 is 0. The van der Waals surface area contributed by atoms with Gasteiger partial charge in [0.25, 0.3) is 0 Å². The summed E-state index contributed by atoms with van der Waals surface area (Å²) in [6, 6.07) is 2.32. The molecule has 0 saturated heterocycles. The molecule has 1 aliphatic rings. The second kappa shape index (κ2) is 3.69. The van der Waals surface area contributed by atoms with Gasteiger partial charge in [0.05, 0.1) is 0 Å². The van der Waals surface area contributed by atoms with Gasteiger partial charge in [-0.2, -0.15) is 0 Å². The Balaban J connectivity index is 2.63. The Kier molecular flexibility index (Phi) is 2.52. The molecule has 15 heavy (non-hydrogen) atoms. The van der Waals surface area contributed by atoms with Crippen molar-refractivity contribution < 1.29 is 0 Å². The molecule has 0 heterocycles. The van der Waals surface area contributed by atoms with Crippen LogP contribution in [0.1, 0.15) is 34.2 Å². The molecule has 0 aliphatic heterocycles. The van der Waals surface area contributed by atoms with Crippen LogP contribution < -0.4 is 0 Å². The molecular weight excluding hydrogens is 180 g/mol. The number of rotatable bonds is 1. The second-order valence-electron chi connectivity index (χ2n) is 4.41. The van der Waals surface area contributed by atoms with Crippen molar-refractivity contribution in [1.82, 2.24) is 0 Å². The van der Waals surface area contributed by atoms with Crippen molar-refractivity contribution in [1.29, 1.82) is 0 Å². The summed E-state index contributed by atoms with van der Waals surface area (Å²) in [5.74, 6) is 0. The Hall–Kier alpha value is -1.30. The van der Waals surface area contributed by atoms with Crippen LogP contribution in [-0.2, 0) is 0 Å². The van der Waals surface area contributed by atoms with Gasteiger partial charge in [-0.25, -0.2) is 0 Å². The van der Waals surface area contributed by atoms with Crippen LogP contribution in [-0.4, -0.2) is 0 Å². The molecule has 1 aliphatic carbocycles. The standard InChI is InChI=1S/C15H18/c1-10-9-15(14-7-5-6-8-14)13(4)12(3)11(10)2/h5,7-9H,6H2,1-4H3. The normalized spacial score (nSPS) is 14.5. The number of hydrogen-bond acceptors (Lipinski definition) is 0. The zero-order chi connectivity index (χ0) is 11.0. The SMILES string of the molecule is Cc1cc(C2=CCC=C2)c(C)c(C)c1C. The molecule has 78 valence electrons. The minimum Gasteiger partial charge on any atom is -0.0801 e. The Bertz CT molecular complexity index is 459. The van der Waals surface area contributed by atoms with E-state index in [1.807, 2.05) is 0 Å². The third kappa shape index (κ3) is 1.65. The minimum atomic E-state index is 1.08. The first kappa shape index (κ1) is 10.2. The molecule has 1 aromatic carbocycles. The quantitative estimate of drug-likeness (QED) is 0.632. The van der Waals surface area contributed by atoms with E-state index in [2.05, 4.69) is 52.0 Å². The lowest BCUT2D eigenvalue weighted by Gasteiger charge is -2.14. The first-order chi connectivity index (χ1) is 7.11.